The van der Waals surface area contributed by atoms with Crippen LogP contribution in [0, 0.1) is 0 Å². The molecule has 1 saturated heterocycles. The molecule has 4 aromatic rings. The molecule has 0 spiro atoms. The van der Waals surface area contributed by atoms with Crippen LogP contribution in [0.3, 0.4) is 0 Å². The van der Waals surface area contributed by atoms with E-state index in [9.17, 15) is 32.8 Å². The summed E-state index contributed by atoms with van der Waals surface area (Å²) in [5.74, 6) is -0.908. The second-order valence-electron chi connectivity index (χ2n) is 11.0. The Labute approximate surface area is 255 Å². The van der Waals surface area contributed by atoms with Gasteiger partial charge in [0.05, 0.1) is 23.9 Å². The van der Waals surface area contributed by atoms with Gasteiger partial charge >= 0.3 is 5.97 Å². The predicted octanol–water partition coefficient (Wildman–Crippen LogP) is 5.30. The molecule has 1 aromatic heterocycles. The van der Waals surface area contributed by atoms with Crippen molar-refractivity contribution in [2.24, 2.45) is 0 Å². The number of hydrogen-bond donors (Lipinski definition) is 3. The zero-order valence-electron chi connectivity index (χ0n) is 24.2. The number of benzene rings is 3. The number of carbonyl (C=O) groups excluding carboxylic acids is 1. The fourth-order valence-corrected chi connectivity index (χ4v) is 6.51. The summed E-state index contributed by atoms with van der Waals surface area (Å²) >= 11 is 0. The molecule has 11 nitrogen and oxygen atoms in total. The highest BCUT2D eigenvalue weighted by Gasteiger charge is 2.43. The lowest BCUT2D eigenvalue weighted by atomic mass is 10.0. The number of carboxylic acids is 1. The van der Waals surface area contributed by atoms with Gasteiger partial charge < -0.3 is 24.4 Å². The molecule has 0 bridgehead atoms. The zero-order valence-corrected chi connectivity index (χ0v) is 25.1. The Morgan fingerprint density at radius 3 is 2.50 bits per heavy atom. The molecule has 1 amide bonds. The van der Waals surface area contributed by atoms with Crippen molar-refractivity contribution in [3.8, 4) is 22.6 Å². The number of fused-ring (bicyclic) bond motifs is 1. The molecule has 12 heteroatoms. The van der Waals surface area contributed by atoms with E-state index in [0.29, 0.717) is 34.3 Å². The first-order valence-corrected chi connectivity index (χ1v) is 16.0. The molecule has 0 saturated carbocycles. The minimum Gasteiger partial charge on any atom is -0.508 e. The van der Waals surface area contributed by atoms with Gasteiger partial charge in [-0.15, -0.1) is 0 Å². The van der Waals surface area contributed by atoms with Crippen LogP contribution in [0.25, 0.3) is 22.2 Å². The first-order chi connectivity index (χ1) is 21.1. The number of rotatable bonds is 12. The summed E-state index contributed by atoms with van der Waals surface area (Å²) < 4.78 is 41.4. The van der Waals surface area contributed by atoms with Crippen LogP contribution in [0.5, 0.6) is 11.5 Å². The van der Waals surface area contributed by atoms with Crippen LogP contribution in [-0.2, 0) is 19.7 Å². The number of imidazole rings is 1. The van der Waals surface area contributed by atoms with Crippen molar-refractivity contribution in [2.75, 3.05) is 6.54 Å². The van der Waals surface area contributed by atoms with Gasteiger partial charge in [-0.25, -0.2) is 9.78 Å². The third-order valence-electron chi connectivity index (χ3n) is 7.97. The molecule has 1 fully saturated rings. The molecule has 2 unspecified atom stereocenters. The van der Waals surface area contributed by atoms with Crippen LogP contribution < -0.4 is 4.74 Å². The summed E-state index contributed by atoms with van der Waals surface area (Å²) in [5, 5.41) is 19.6. The number of aromatic hydroxyl groups is 1. The lowest BCUT2D eigenvalue weighted by Crippen LogP contribution is -2.44. The lowest BCUT2D eigenvalue weighted by molar-refractivity contribution is -0.149. The van der Waals surface area contributed by atoms with Gasteiger partial charge in [-0.2, -0.15) is 8.42 Å². The van der Waals surface area contributed by atoms with Gasteiger partial charge in [0.15, 0.2) is 0 Å². The topological polar surface area (TPSA) is 159 Å². The molecule has 5 rings (SSSR count). The number of carboxylic acid groups (broad SMARTS) is 1. The largest absolute Gasteiger partial charge is 0.508 e. The van der Waals surface area contributed by atoms with Gasteiger partial charge in [0.1, 0.15) is 34.6 Å². The number of aromatic nitrogens is 2. The highest BCUT2D eigenvalue weighted by atomic mass is 32.2. The molecule has 44 heavy (non-hydrogen) atoms. The highest BCUT2D eigenvalue weighted by molar-refractivity contribution is 7.86. The highest BCUT2D eigenvalue weighted by Crippen LogP contribution is 2.33. The van der Waals surface area contributed by atoms with Crippen LogP contribution in [0.4, 0.5) is 0 Å². The second-order valence-corrected chi connectivity index (χ2v) is 12.4. The molecule has 0 radical (unpaired) electrons. The van der Waals surface area contributed by atoms with Crippen molar-refractivity contribution in [1.82, 2.24) is 14.5 Å². The standard InChI is InChI=1S/C32H35N3O8S/c1-2-3-4-5-9-28(31(37)34-19-24(18-29(34)32(38)39)43-23-14-12-22(36)13-15-23)35-20-33-26-17-21(11-16-27(26)35)25-8-6-7-10-30(25)44(40,41)42/h6-8,10-17,20,24,28-29,36H,2-5,9,18-19H2,1H3,(H,38,39)(H,40,41,42)/t24?,28?,29-/m0/s1. The van der Waals surface area contributed by atoms with E-state index in [2.05, 4.69) is 11.9 Å². The predicted molar refractivity (Wildman–Crippen MR) is 163 cm³/mol. The van der Waals surface area contributed by atoms with E-state index in [0.717, 1.165) is 25.7 Å². The average molecular weight is 622 g/mol. The number of phenols is 1. The van der Waals surface area contributed by atoms with Crippen LogP contribution in [0.2, 0.25) is 0 Å². The third-order valence-corrected chi connectivity index (χ3v) is 8.88. The van der Waals surface area contributed by atoms with Gasteiger partial charge in [-0.3, -0.25) is 9.35 Å². The summed E-state index contributed by atoms with van der Waals surface area (Å²) in [5.41, 5.74) is 2.00. The van der Waals surface area contributed by atoms with E-state index in [1.54, 1.807) is 53.4 Å². The first kappa shape index (κ1) is 31.0. The van der Waals surface area contributed by atoms with Gasteiger partial charge in [-0.05, 0) is 54.4 Å². The average Bonchev–Trinajstić information content (AvgIpc) is 3.62. The Kier molecular flexibility index (Phi) is 9.21. The number of amides is 1. The number of hydrogen-bond acceptors (Lipinski definition) is 7. The Balaban J connectivity index is 1.46. The number of ether oxygens (including phenoxy) is 1. The Bertz CT molecular complexity index is 1750. The number of phenolic OH excluding ortho intramolecular Hbond substituents is 1. The van der Waals surface area contributed by atoms with Crippen LogP contribution >= 0.6 is 0 Å². The van der Waals surface area contributed by atoms with E-state index in [1.807, 2.05) is 0 Å². The summed E-state index contributed by atoms with van der Waals surface area (Å²) in [7, 11) is -4.46. The molecular weight excluding hydrogens is 586 g/mol. The summed E-state index contributed by atoms with van der Waals surface area (Å²) in [4.78, 5) is 32.1. The SMILES string of the molecule is CCCCCCC(C(=O)N1CC(Oc2ccc(O)cc2)C[C@H]1C(=O)O)n1cnc2cc(-c3ccccc3S(=O)(=O)O)ccc21. The fraction of sp³-hybridized carbons (Fsp3) is 0.344. The third kappa shape index (κ3) is 6.71. The van der Waals surface area contributed by atoms with Gasteiger partial charge in [-0.1, -0.05) is 56.9 Å². The van der Waals surface area contributed by atoms with E-state index in [4.69, 9.17) is 4.74 Å². The summed E-state index contributed by atoms with van der Waals surface area (Å²) in [6.07, 6.45) is 5.30. The van der Waals surface area contributed by atoms with E-state index >= 15 is 0 Å². The molecule has 0 aliphatic carbocycles. The number of likely N-dealkylation sites (tertiary alicyclic amines) is 1. The number of unbranched alkanes of at least 4 members (excludes halogenated alkanes) is 3. The molecule has 232 valence electrons. The van der Waals surface area contributed by atoms with Gasteiger partial charge in [0.25, 0.3) is 10.1 Å². The van der Waals surface area contributed by atoms with Crippen molar-refractivity contribution in [1.29, 1.82) is 0 Å². The zero-order chi connectivity index (χ0) is 31.4. The van der Waals surface area contributed by atoms with Crippen LogP contribution in [0.15, 0.2) is 78.0 Å². The molecule has 3 atom stereocenters. The smallest absolute Gasteiger partial charge is 0.326 e. The minimum atomic E-state index is -4.46. The van der Waals surface area contributed by atoms with Crippen molar-refractivity contribution in [3.63, 3.8) is 0 Å². The van der Waals surface area contributed by atoms with Crippen molar-refractivity contribution < 1.29 is 37.5 Å². The van der Waals surface area contributed by atoms with Crippen molar-refractivity contribution in [3.05, 3.63) is 73.1 Å². The molecule has 2 heterocycles. The molecule has 3 aromatic carbocycles. The van der Waals surface area contributed by atoms with Crippen LogP contribution in [-0.4, -0.2) is 68.2 Å². The molecule has 1 aliphatic heterocycles. The van der Waals surface area contributed by atoms with Gasteiger partial charge in [0, 0.05) is 12.0 Å². The number of nitrogens with zero attached hydrogens (tertiary/aromatic N) is 3. The van der Waals surface area contributed by atoms with E-state index in [1.165, 1.54) is 29.2 Å². The Hall–Kier alpha value is -4.42. The van der Waals surface area contributed by atoms with Crippen molar-refractivity contribution >= 4 is 33.0 Å². The normalized spacial score (nSPS) is 17.5. The monoisotopic (exact) mass is 621 g/mol. The summed E-state index contributed by atoms with van der Waals surface area (Å²) in [6, 6.07) is 15.6. The molecule has 3 N–H and O–H groups in total. The Morgan fingerprint density at radius 2 is 1.80 bits per heavy atom. The maximum atomic E-state index is 14.2. The van der Waals surface area contributed by atoms with Crippen molar-refractivity contribution in [2.45, 2.75) is 68.5 Å². The van der Waals surface area contributed by atoms with E-state index < -0.39 is 34.3 Å². The number of carbonyl (C=O) groups is 2. The molecular formula is C32H35N3O8S. The quantitative estimate of drug-likeness (QED) is 0.141. The van der Waals surface area contributed by atoms with E-state index in [-0.39, 0.29) is 29.5 Å². The van der Waals surface area contributed by atoms with Gasteiger partial charge in [0.2, 0.25) is 5.91 Å². The summed E-state index contributed by atoms with van der Waals surface area (Å²) in [6.45, 7) is 2.19. The molecule has 1 aliphatic rings. The first-order valence-electron chi connectivity index (χ1n) is 14.6. The minimum absolute atomic E-state index is 0.0808. The van der Waals surface area contributed by atoms with Crippen LogP contribution in [0.1, 0.15) is 51.5 Å². The maximum absolute atomic E-state index is 14.2. The maximum Gasteiger partial charge on any atom is 0.326 e. The second kappa shape index (κ2) is 13.1. The Morgan fingerprint density at radius 1 is 1.05 bits per heavy atom. The number of aliphatic carboxylic acids is 1. The lowest BCUT2D eigenvalue weighted by Gasteiger charge is -2.28. The fourth-order valence-electron chi connectivity index (χ4n) is 5.79.